The van der Waals surface area contributed by atoms with Crippen molar-refractivity contribution in [2.45, 2.75) is 6.92 Å². The molecule has 0 heterocycles. The van der Waals surface area contributed by atoms with Gasteiger partial charge in [-0.15, -0.1) is 0 Å². The molecule has 0 aromatic heterocycles. The average molecular weight is 249 g/mol. The predicted molar refractivity (Wildman–Crippen MR) is 53.1 cm³/mol. The fraction of sp³-hybridized carbons (Fsp3) is 0.125. The van der Waals surface area contributed by atoms with Gasteiger partial charge < -0.3 is 5.21 Å². The number of oxime groups is 1. The molecule has 0 unspecified atom stereocenters. The highest BCUT2D eigenvalue weighted by molar-refractivity contribution is 9.10. The summed E-state index contributed by atoms with van der Waals surface area (Å²) < 4.78 is 0.907. The van der Waals surface area contributed by atoms with Crippen LogP contribution in [0, 0.1) is 6.92 Å². The number of rotatable bonds is 1. The number of benzene rings is 1. The van der Waals surface area contributed by atoms with Crippen LogP contribution in [0.1, 0.15) is 11.1 Å². The van der Waals surface area contributed by atoms with Crippen molar-refractivity contribution in [3.05, 3.63) is 33.8 Å². The van der Waals surface area contributed by atoms with E-state index >= 15 is 0 Å². The van der Waals surface area contributed by atoms with Crippen molar-refractivity contribution in [2.24, 2.45) is 5.16 Å². The second-order valence-electron chi connectivity index (χ2n) is 2.35. The molecular formula is C8H7BrClNO. The lowest BCUT2D eigenvalue weighted by Crippen LogP contribution is -1.94. The van der Waals surface area contributed by atoms with E-state index in [-0.39, 0.29) is 5.17 Å². The highest BCUT2D eigenvalue weighted by atomic mass is 79.9. The van der Waals surface area contributed by atoms with Gasteiger partial charge in [0.1, 0.15) is 0 Å². The fourth-order valence-electron chi connectivity index (χ4n) is 0.870. The van der Waals surface area contributed by atoms with Crippen molar-refractivity contribution in [3.8, 4) is 0 Å². The van der Waals surface area contributed by atoms with Crippen LogP contribution in [-0.4, -0.2) is 10.4 Å². The van der Waals surface area contributed by atoms with Crippen molar-refractivity contribution in [1.82, 2.24) is 0 Å². The third kappa shape index (κ3) is 1.99. The molecule has 0 saturated carbocycles. The van der Waals surface area contributed by atoms with E-state index in [0.29, 0.717) is 0 Å². The largest absolute Gasteiger partial charge is 0.410 e. The standard InChI is InChI=1S/C8H7BrClNO/c1-5-2-3-6(9)4-7(5)8(10)11-12/h2-4,12H,1H3/b11-8+. The van der Waals surface area contributed by atoms with Gasteiger partial charge >= 0.3 is 0 Å². The van der Waals surface area contributed by atoms with E-state index in [1.165, 1.54) is 0 Å². The van der Waals surface area contributed by atoms with Crippen LogP contribution in [0.3, 0.4) is 0 Å². The minimum atomic E-state index is 0.105. The molecule has 0 fully saturated rings. The number of hydrogen-bond donors (Lipinski definition) is 1. The van der Waals surface area contributed by atoms with Gasteiger partial charge in [-0.25, -0.2) is 0 Å². The van der Waals surface area contributed by atoms with Gasteiger partial charge in [-0.2, -0.15) is 0 Å². The first kappa shape index (κ1) is 9.55. The van der Waals surface area contributed by atoms with Crippen molar-refractivity contribution in [3.63, 3.8) is 0 Å². The van der Waals surface area contributed by atoms with E-state index in [1.807, 2.05) is 19.1 Å². The quantitative estimate of drug-likeness (QED) is 0.462. The fourth-order valence-corrected chi connectivity index (χ4v) is 1.44. The Morgan fingerprint density at radius 2 is 2.25 bits per heavy atom. The molecule has 1 N–H and O–H groups in total. The summed E-state index contributed by atoms with van der Waals surface area (Å²) in [4.78, 5) is 0. The molecule has 1 aromatic rings. The van der Waals surface area contributed by atoms with Gasteiger partial charge in [0, 0.05) is 10.0 Å². The lowest BCUT2D eigenvalue weighted by Gasteiger charge is -2.01. The summed E-state index contributed by atoms with van der Waals surface area (Å²) in [5, 5.41) is 11.5. The Hall–Kier alpha value is -0.540. The van der Waals surface area contributed by atoms with E-state index in [4.69, 9.17) is 16.8 Å². The smallest absolute Gasteiger partial charge is 0.175 e. The third-order valence-electron chi connectivity index (χ3n) is 1.51. The molecule has 0 aliphatic rings. The Balaban J connectivity index is 3.23. The van der Waals surface area contributed by atoms with Gasteiger partial charge in [-0.3, -0.25) is 0 Å². The second-order valence-corrected chi connectivity index (χ2v) is 3.62. The number of nitrogens with zero attached hydrogens (tertiary/aromatic N) is 1. The Bertz CT molecular complexity index is 325. The molecule has 1 aromatic carbocycles. The van der Waals surface area contributed by atoms with E-state index in [1.54, 1.807) is 6.07 Å². The Kier molecular flexibility index (Phi) is 3.12. The summed E-state index contributed by atoms with van der Waals surface area (Å²) in [6.07, 6.45) is 0. The van der Waals surface area contributed by atoms with Crippen LogP contribution < -0.4 is 0 Å². The highest BCUT2D eigenvalue weighted by Crippen LogP contribution is 2.17. The molecule has 0 radical (unpaired) electrons. The molecule has 4 heteroatoms. The average Bonchev–Trinajstić information content (AvgIpc) is 2.08. The molecule has 12 heavy (non-hydrogen) atoms. The summed E-state index contributed by atoms with van der Waals surface area (Å²) in [5.41, 5.74) is 1.70. The first-order chi connectivity index (χ1) is 5.65. The number of halogens is 2. The van der Waals surface area contributed by atoms with Crippen LogP contribution in [0.15, 0.2) is 27.8 Å². The number of hydrogen-bond acceptors (Lipinski definition) is 2. The molecule has 64 valence electrons. The lowest BCUT2D eigenvalue weighted by atomic mass is 10.1. The molecule has 0 spiro atoms. The molecule has 0 atom stereocenters. The van der Waals surface area contributed by atoms with E-state index in [0.717, 1.165) is 15.6 Å². The lowest BCUT2D eigenvalue weighted by molar-refractivity contribution is 0.321. The van der Waals surface area contributed by atoms with Crippen LogP contribution in [0.2, 0.25) is 0 Å². The number of aryl methyl sites for hydroxylation is 1. The SMILES string of the molecule is Cc1ccc(Br)cc1/C(Cl)=N\O. The zero-order chi connectivity index (χ0) is 9.14. The molecular weight excluding hydrogens is 241 g/mol. The molecule has 0 saturated heterocycles. The van der Waals surface area contributed by atoms with Crippen LogP contribution in [0.4, 0.5) is 0 Å². The van der Waals surface area contributed by atoms with Gasteiger partial charge in [0.05, 0.1) is 0 Å². The minimum Gasteiger partial charge on any atom is -0.410 e. The van der Waals surface area contributed by atoms with Crippen molar-refractivity contribution in [1.29, 1.82) is 0 Å². The van der Waals surface area contributed by atoms with Crippen molar-refractivity contribution >= 4 is 32.7 Å². The van der Waals surface area contributed by atoms with Gasteiger partial charge in [-0.1, -0.05) is 38.8 Å². The Morgan fingerprint density at radius 3 is 2.83 bits per heavy atom. The zero-order valence-electron chi connectivity index (χ0n) is 6.38. The van der Waals surface area contributed by atoms with Gasteiger partial charge in [0.25, 0.3) is 0 Å². The van der Waals surface area contributed by atoms with Gasteiger partial charge in [-0.05, 0) is 24.6 Å². The van der Waals surface area contributed by atoms with Gasteiger partial charge in [0.2, 0.25) is 0 Å². The normalized spacial score (nSPS) is 11.8. The summed E-state index contributed by atoms with van der Waals surface area (Å²) in [7, 11) is 0. The Morgan fingerprint density at radius 1 is 1.58 bits per heavy atom. The van der Waals surface area contributed by atoms with Crippen molar-refractivity contribution < 1.29 is 5.21 Å². The second kappa shape index (κ2) is 3.92. The van der Waals surface area contributed by atoms with E-state index in [9.17, 15) is 0 Å². The Labute approximate surface area is 84.0 Å². The third-order valence-corrected chi connectivity index (χ3v) is 2.28. The van der Waals surface area contributed by atoms with Gasteiger partial charge in [0.15, 0.2) is 5.17 Å². The maximum atomic E-state index is 8.44. The van der Waals surface area contributed by atoms with Crippen LogP contribution in [-0.2, 0) is 0 Å². The first-order valence-electron chi connectivity index (χ1n) is 3.29. The molecule has 0 bridgehead atoms. The maximum absolute atomic E-state index is 8.44. The summed E-state index contributed by atoms with van der Waals surface area (Å²) in [6, 6.07) is 5.60. The topological polar surface area (TPSA) is 32.6 Å². The molecule has 0 aliphatic carbocycles. The summed E-state index contributed by atoms with van der Waals surface area (Å²) >= 11 is 8.95. The molecule has 0 amide bonds. The highest BCUT2D eigenvalue weighted by Gasteiger charge is 2.04. The molecule has 0 aliphatic heterocycles. The minimum absolute atomic E-state index is 0.105. The van der Waals surface area contributed by atoms with Crippen LogP contribution >= 0.6 is 27.5 Å². The van der Waals surface area contributed by atoms with Crippen LogP contribution in [0.5, 0.6) is 0 Å². The summed E-state index contributed by atoms with van der Waals surface area (Å²) in [6.45, 7) is 1.90. The first-order valence-corrected chi connectivity index (χ1v) is 4.46. The van der Waals surface area contributed by atoms with Crippen molar-refractivity contribution in [2.75, 3.05) is 0 Å². The maximum Gasteiger partial charge on any atom is 0.175 e. The van der Waals surface area contributed by atoms with Crippen LogP contribution in [0.25, 0.3) is 0 Å². The molecule has 2 nitrogen and oxygen atoms in total. The zero-order valence-corrected chi connectivity index (χ0v) is 8.72. The predicted octanol–water partition coefficient (Wildman–Crippen LogP) is 3.13. The van der Waals surface area contributed by atoms with E-state index in [2.05, 4.69) is 21.1 Å². The molecule has 1 rings (SSSR count). The summed E-state index contributed by atoms with van der Waals surface area (Å²) in [5.74, 6) is 0. The van der Waals surface area contributed by atoms with E-state index < -0.39 is 0 Å². The monoisotopic (exact) mass is 247 g/mol.